The minimum absolute atomic E-state index is 0.441. The number of nitrogens with one attached hydrogen (secondary N) is 1. The second-order valence-corrected chi connectivity index (χ2v) is 4.87. The van der Waals surface area contributed by atoms with Gasteiger partial charge in [-0.1, -0.05) is 19.1 Å². The van der Waals surface area contributed by atoms with E-state index >= 15 is 0 Å². The Balaban J connectivity index is 1.89. The molecular weight excluding hydrogens is 250 g/mol. The molecule has 0 aliphatic rings. The monoisotopic (exact) mass is 273 g/mol. The molecule has 0 saturated heterocycles. The number of hydrogen-bond donors (Lipinski definition) is 1. The van der Waals surface area contributed by atoms with E-state index in [1.807, 2.05) is 36.0 Å². The maximum absolute atomic E-state index is 5.43. The van der Waals surface area contributed by atoms with Crippen LogP contribution in [-0.4, -0.2) is 16.4 Å². The van der Waals surface area contributed by atoms with Gasteiger partial charge in [0, 0.05) is 24.8 Å². The first kappa shape index (κ1) is 14.4. The van der Waals surface area contributed by atoms with Crippen LogP contribution in [0.5, 0.6) is 5.75 Å². The molecule has 1 unspecified atom stereocenters. The van der Waals surface area contributed by atoms with Crippen LogP contribution < -0.4 is 10.1 Å². The molecule has 1 heterocycles. The van der Waals surface area contributed by atoms with Crippen molar-refractivity contribution in [1.82, 2.24) is 9.78 Å². The van der Waals surface area contributed by atoms with Crippen molar-refractivity contribution in [2.24, 2.45) is 0 Å². The molecular formula is C16H23N3O. The van der Waals surface area contributed by atoms with E-state index in [-0.39, 0.29) is 0 Å². The highest BCUT2D eigenvalue weighted by molar-refractivity contribution is 5.35. The van der Waals surface area contributed by atoms with Gasteiger partial charge in [-0.05, 0) is 38.0 Å². The van der Waals surface area contributed by atoms with Gasteiger partial charge in [-0.3, -0.25) is 4.68 Å². The van der Waals surface area contributed by atoms with Crippen molar-refractivity contribution in [1.29, 1.82) is 0 Å². The summed E-state index contributed by atoms with van der Waals surface area (Å²) in [6.45, 7) is 7.79. The van der Waals surface area contributed by atoms with E-state index in [4.69, 9.17) is 4.74 Å². The lowest BCUT2D eigenvalue weighted by molar-refractivity contribution is 0.340. The molecule has 20 heavy (non-hydrogen) atoms. The Morgan fingerprint density at radius 1 is 1.20 bits per heavy atom. The minimum atomic E-state index is 0.441. The Morgan fingerprint density at radius 2 is 1.95 bits per heavy atom. The van der Waals surface area contributed by atoms with E-state index in [2.05, 4.69) is 36.4 Å². The lowest BCUT2D eigenvalue weighted by atomic mass is 10.2. The molecule has 1 aromatic heterocycles. The number of ether oxygens (including phenoxy) is 1. The molecule has 4 nitrogen and oxygen atoms in total. The molecule has 0 aliphatic heterocycles. The summed E-state index contributed by atoms with van der Waals surface area (Å²) in [6, 6.07) is 10.6. The highest BCUT2D eigenvalue weighted by Gasteiger charge is 2.04. The maximum Gasteiger partial charge on any atom is 0.148 e. The third kappa shape index (κ3) is 3.76. The van der Waals surface area contributed by atoms with E-state index in [0.717, 1.165) is 24.5 Å². The van der Waals surface area contributed by atoms with E-state index in [0.29, 0.717) is 12.6 Å². The van der Waals surface area contributed by atoms with Crippen molar-refractivity contribution in [3.8, 4) is 5.75 Å². The van der Waals surface area contributed by atoms with Gasteiger partial charge in [-0.2, -0.15) is 5.10 Å². The number of rotatable bonds is 7. The fourth-order valence-electron chi connectivity index (χ4n) is 1.93. The molecule has 0 fully saturated rings. The number of benzene rings is 1. The fourth-order valence-corrected chi connectivity index (χ4v) is 1.93. The van der Waals surface area contributed by atoms with Gasteiger partial charge in [0.25, 0.3) is 0 Å². The van der Waals surface area contributed by atoms with Crippen molar-refractivity contribution in [2.45, 2.75) is 39.8 Å². The first-order valence-corrected chi connectivity index (χ1v) is 7.23. The van der Waals surface area contributed by atoms with Crippen LogP contribution in [0.1, 0.15) is 38.8 Å². The highest BCUT2D eigenvalue weighted by atomic mass is 16.5. The first-order chi connectivity index (χ1) is 9.72. The van der Waals surface area contributed by atoms with E-state index < -0.39 is 0 Å². The van der Waals surface area contributed by atoms with Crippen LogP contribution in [0, 0.1) is 0 Å². The number of anilines is 1. The lowest BCUT2D eigenvalue weighted by Gasteiger charge is -2.09. The molecule has 0 spiro atoms. The zero-order chi connectivity index (χ0) is 14.4. The summed E-state index contributed by atoms with van der Waals surface area (Å²) in [5.74, 6) is 1.83. The third-order valence-electron chi connectivity index (χ3n) is 3.36. The summed E-state index contributed by atoms with van der Waals surface area (Å²) in [6.07, 6.45) is 3.11. The molecule has 1 aromatic carbocycles. The van der Waals surface area contributed by atoms with Crippen molar-refractivity contribution in [3.05, 3.63) is 42.1 Å². The molecule has 108 valence electrons. The Morgan fingerprint density at radius 3 is 2.60 bits per heavy atom. The number of nitrogens with zero attached hydrogens (tertiary/aromatic N) is 2. The van der Waals surface area contributed by atoms with E-state index in [1.54, 1.807) is 0 Å². The number of hydrogen-bond acceptors (Lipinski definition) is 3. The lowest BCUT2D eigenvalue weighted by Crippen LogP contribution is -2.06. The SMILES string of the molecule is CCOc1ccc(CNc2ccn(C(C)CC)n2)cc1. The van der Waals surface area contributed by atoms with Crippen LogP contribution in [0.3, 0.4) is 0 Å². The van der Waals surface area contributed by atoms with Gasteiger partial charge in [0.2, 0.25) is 0 Å². The van der Waals surface area contributed by atoms with Gasteiger partial charge >= 0.3 is 0 Å². The van der Waals surface area contributed by atoms with Crippen LogP contribution in [0.2, 0.25) is 0 Å². The van der Waals surface area contributed by atoms with Gasteiger partial charge in [-0.15, -0.1) is 0 Å². The Bertz CT molecular complexity index is 519. The van der Waals surface area contributed by atoms with Crippen molar-refractivity contribution in [3.63, 3.8) is 0 Å². The summed E-state index contributed by atoms with van der Waals surface area (Å²) in [4.78, 5) is 0. The summed E-state index contributed by atoms with van der Waals surface area (Å²) < 4.78 is 7.43. The zero-order valence-corrected chi connectivity index (χ0v) is 12.5. The van der Waals surface area contributed by atoms with Crippen molar-refractivity contribution < 1.29 is 4.74 Å². The van der Waals surface area contributed by atoms with E-state index in [1.165, 1.54) is 5.56 Å². The molecule has 0 amide bonds. The largest absolute Gasteiger partial charge is 0.494 e. The second kappa shape index (κ2) is 6.98. The van der Waals surface area contributed by atoms with Gasteiger partial charge in [0.1, 0.15) is 11.6 Å². The smallest absolute Gasteiger partial charge is 0.148 e. The zero-order valence-electron chi connectivity index (χ0n) is 12.5. The molecule has 0 saturated carbocycles. The normalized spacial score (nSPS) is 12.2. The molecule has 2 rings (SSSR count). The van der Waals surface area contributed by atoms with Gasteiger partial charge < -0.3 is 10.1 Å². The maximum atomic E-state index is 5.43. The molecule has 1 atom stereocenters. The summed E-state index contributed by atoms with van der Waals surface area (Å²) in [5.41, 5.74) is 1.21. The molecule has 0 radical (unpaired) electrons. The standard InChI is InChI=1S/C16H23N3O/c1-4-13(3)19-11-10-16(18-19)17-12-14-6-8-15(9-7-14)20-5-2/h6-11,13H,4-5,12H2,1-3H3,(H,17,18). The second-order valence-electron chi connectivity index (χ2n) is 4.87. The first-order valence-electron chi connectivity index (χ1n) is 7.23. The molecule has 0 bridgehead atoms. The van der Waals surface area contributed by atoms with Gasteiger partial charge in [0.05, 0.1) is 6.61 Å². The van der Waals surface area contributed by atoms with E-state index in [9.17, 15) is 0 Å². The predicted octanol–water partition coefficient (Wildman–Crippen LogP) is 3.86. The Hall–Kier alpha value is -1.97. The summed E-state index contributed by atoms with van der Waals surface area (Å²) >= 11 is 0. The topological polar surface area (TPSA) is 39.1 Å². The quantitative estimate of drug-likeness (QED) is 0.832. The molecule has 4 heteroatoms. The molecule has 1 N–H and O–H groups in total. The Kier molecular flexibility index (Phi) is 5.04. The average Bonchev–Trinajstić information content (AvgIpc) is 2.95. The average molecular weight is 273 g/mol. The minimum Gasteiger partial charge on any atom is -0.494 e. The van der Waals surface area contributed by atoms with Gasteiger partial charge in [-0.25, -0.2) is 0 Å². The summed E-state index contributed by atoms with van der Waals surface area (Å²) in [7, 11) is 0. The van der Waals surface area contributed by atoms with Crippen LogP contribution >= 0.6 is 0 Å². The highest BCUT2D eigenvalue weighted by Crippen LogP contribution is 2.15. The van der Waals surface area contributed by atoms with Crippen LogP contribution in [-0.2, 0) is 6.54 Å². The third-order valence-corrected chi connectivity index (χ3v) is 3.36. The van der Waals surface area contributed by atoms with Crippen molar-refractivity contribution in [2.75, 3.05) is 11.9 Å². The molecule has 0 aliphatic carbocycles. The summed E-state index contributed by atoms with van der Waals surface area (Å²) in [5, 5.41) is 7.86. The van der Waals surface area contributed by atoms with Crippen LogP contribution in [0.15, 0.2) is 36.5 Å². The Labute approximate surface area is 120 Å². The molecule has 2 aromatic rings. The van der Waals surface area contributed by atoms with Gasteiger partial charge in [0.15, 0.2) is 0 Å². The van der Waals surface area contributed by atoms with Crippen LogP contribution in [0.4, 0.5) is 5.82 Å². The predicted molar refractivity (Wildman–Crippen MR) is 82.2 cm³/mol. The van der Waals surface area contributed by atoms with Crippen molar-refractivity contribution >= 4 is 5.82 Å². The number of aromatic nitrogens is 2. The van der Waals surface area contributed by atoms with Crippen LogP contribution in [0.25, 0.3) is 0 Å². The fraction of sp³-hybridized carbons (Fsp3) is 0.438.